The third kappa shape index (κ3) is 13.6. The van der Waals surface area contributed by atoms with E-state index in [0.717, 1.165) is 11.3 Å². The third-order valence-corrected chi connectivity index (χ3v) is 13.1. The van der Waals surface area contributed by atoms with Crippen molar-refractivity contribution in [2.75, 3.05) is 34.8 Å². The van der Waals surface area contributed by atoms with Gasteiger partial charge < -0.3 is 53.8 Å². The summed E-state index contributed by atoms with van der Waals surface area (Å²) in [4.78, 5) is 44.5. The molecule has 2 amide bonds. The van der Waals surface area contributed by atoms with Gasteiger partial charge in [-0.15, -0.1) is 0 Å². The van der Waals surface area contributed by atoms with Gasteiger partial charge in [-0.05, 0) is 124 Å². The average Bonchev–Trinajstić information content (AvgIpc) is 3.14. The fraction of sp³-hybridized carbons (Fsp3) is 0.809. The summed E-state index contributed by atoms with van der Waals surface area (Å²) in [5.74, 6) is -1.86. The normalized spacial score (nSPS) is 38.7. The molecule has 3 aliphatic heterocycles. The fourth-order valence-corrected chi connectivity index (χ4v) is 10.1. The number of methoxy groups -OCH3 is 1. The van der Waals surface area contributed by atoms with Crippen LogP contribution in [0.5, 0.6) is 5.75 Å². The number of nitrogens with one attached hydrogen (secondary N) is 1. The Kier molecular flexibility index (Phi) is 17.3. The van der Waals surface area contributed by atoms with Crippen LogP contribution >= 0.6 is 0 Å². The van der Waals surface area contributed by atoms with Crippen LogP contribution in [0.4, 0.5) is 0 Å². The number of carbonyl (C=O) groups is 3. The van der Waals surface area contributed by atoms with E-state index in [1.807, 2.05) is 106 Å². The summed E-state index contributed by atoms with van der Waals surface area (Å²) in [5.41, 5.74) is -1.80. The number of likely N-dealkylation sites (N-methyl/N-ethyl adjacent to an activating group) is 1. The number of aliphatic hydroxyl groups excluding tert-OH is 1. The number of carbonyl (C=O) groups excluding carboxylic acids is 3. The first-order valence-electron chi connectivity index (χ1n) is 22.3. The Bertz CT molecular complexity index is 1600. The van der Waals surface area contributed by atoms with Gasteiger partial charge in [0.1, 0.15) is 23.1 Å². The van der Waals surface area contributed by atoms with Crippen LogP contribution in [0, 0.1) is 23.7 Å². The van der Waals surface area contributed by atoms with E-state index < -0.39 is 77.8 Å². The molecule has 0 unspecified atom stereocenters. The van der Waals surface area contributed by atoms with Gasteiger partial charge in [-0.3, -0.25) is 14.4 Å². The summed E-state index contributed by atoms with van der Waals surface area (Å²) in [6, 6.07) is 6.98. The molecule has 3 saturated heterocycles. The maximum absolute atomic E-state index is 14.8. The fourth-order valence-electron chi connectivity index (χ4n) is 10.1. The van der Waals surface area contributed by atoms with E-state index >= 15 is 0 Å². The lowest BCUT2D eigenvalue weighted by Gasteiger charge is -2.49. The SMILES string of the molecule is CO[C@]1(C)C[C@H](C[C@H]2[C@H](C)[C@@H](O[C@@H]3O[C@H](C)C[C@H](N(C)C)[C@H]3O)[C@](C)(O)C[C@@H](C)CN(C)C(=O)C[C@H](Cc3ccc(OC(C)(C)C)cc3)NC(=O)[C@@H]2C)O[C@@H](C)[C@@H]1OC(C)=O. The summed E-state index contributed by atoms with van der Waals surface area (Å²) in [7, 11) is 7.17. The number of esters is 1. The van der Waals surface area contributed by atoms with Crippen LogP contribution in [0.1, 0.15) is 114 Å². The largest absolute Gasteiger partial charge is 0.488 e. The molecule has 0 aliphatic carbocycles. The van der Waals surface area contributed by atoms with Gasteiger partial charge in [0.25, 0.3) is 0 Å². The van der Waals surface area contributed by atoms with Gasteiger partial charge in [-0.1, -0.05) is 32.9 Å². The molecule has 3 N–H and O–H groups in total. The van der Waals surface area contributed by atoms with Crippen LogP contribution in [-0.4, -0.2) is 144 Å². The Hall–Kier alpha value is -2.85. The molecule has 3 aliphatic rings. The minimum absolute atomic E-state index is 0.0827. The minimum Gasteiger partial charge on any atom is -0.488 e. The van der Waals surface area contributed by atoms with Crippen molar-refractivity contribution in [1.82, 2.24) is 15.1 Å². The minimum atomic E-state index is -1.49. The topological polar surface area (TPSA) is 166 Å². The van der Waals surface area contributed by atoms with Gasteiger partial charge in [0.05, 0.1) is 30.0 Å². The summed E-state index contributed by atoms with van der Waals surface area (Å²) in [6.07, 6.45) is -2.76. The van der Waals surface area contributed by atoms with E-state index in [9.17, 15) is 24.6 Å². The first kappa shape index (κ1) is 50.8. The maximum Gasteiger partial charge on any atom is 0.303 e. The summed E-state index contributed by atoms with van der Waals surface area (Å²) < 4.78 is 37.6. The Balaban J connectivity index is 1.78. The second-order valence-corrected chi connectivity index (χ2v) is 20.3. The average molecular weight is 862 g/mol. The quantitative estimate of drug-likeness (QED) is 0.266. The highest BCUT2D eigenvalue weighted by molar-refractivity contribution is 5.81. The molecule has 61 heavy (non-hydrogen) atoms. The van der Waals surface area contributed by atoms with Crippen LogP contribution in [0.25, 0.3) is 0 Å². The molecule has 0 bridgehead atoms. The Morgan fingerprint density at radius 1 is 1.02 bits per heavy atom. The number of rotatable bonds is 10. The highest BCUT2D eigenvalue weighted by atomic mass is 16.7. The second kappa shape index (κ2) is 20.8. The van der Waals surface area contributed by atoms with Gasteiger partial charge in [-0.2, -0.15) is 0 Å². The molecule has 14 nitrogen and oxygen atoms in total. The molecule has 0 spiro atoms. The number of aliphatic hydroxyl groups is 2. The zero-order valence-electron chi connectivity index (χ0n) is 39.7. The lowest BCUT2D eigenvalue weighted by atomic mass is 9.70. The number of nitrogens with zero attached hydrogens (tertiary/aromatic N) is 2. The number of hydrogen-bond donors (Lipinski definition) is 3. The standard InChI is InChI=1S/C47H79N3O11/c1-27-24-46(10,55)41(60-44-40(53)38(49(12)13)20-28(2)57-44)29(3)37(23-36-25-47(11,56-15)42(31(5)58-36)59-32(6)51)30(4)43(54)48-34(22-39(52)50(14)26-27)21-33-16-18-35(19-17-33)61-45(7,8)9/h16-19,27-31,34,36-38,40-42,44,53,55H,20-26H2,1-15H3,(H,48,54)/t27-,28-,29+,30-,31+,34+,36+,37+,38+,40-,41-,42+,44+,46-,47-/m1/s1. The molecule has 0 saturated carbocycles. The lowest BCUT2D eigenvalue weighted by Crippen LogP contribution is -2.60. The maximum atomic E-state index is 14.8. The molecule has 1 aromatic rings. The predicted molar refractivity (Wildman–Crippen MR) is 233 cm³/mol. The molecule has 348 valence electrons. The van der Waals surface area contributed by atoms with Crippen molar-refractivity contribution in [1.29, 1.82) is 0 Å². The van der Waals surface area contributed by atoms with Crippen molar-refractivity contribution >= 4 is 17.8 Å². The van der Waals surface area contributed by atoms with E-state index in [4.69, 9.17) is 28.4 Å². The molecule has 0 radical (unpaired) electrons. The molecular formula is C47H79N3O11. The van der Waals surface area contributed by atoms with E-state index in [1.54, 1.807) is 26.0 Å². The smallest absolute Gasteiger partial charge is 0.303 e. The van der Waals surface area contributed by atoms with Gasteiger partial charge in [-0.25, -0.2) is 0 Å². The van der Waals surface area contributed by atoms with Crippen LogP contribution < -0.4 is 10.1 Å². The second-order valence-electron chi connectivity index (χ2n) is 20.3. The van der Waals surface area contributed by atoms with Crippen molar-refractivity contribution in [2.24, 2.45) is 23.7 Å². The van der Waals surface area contributed by atoms with Crippen molar-refractivity contribution < 1.29 is 53.0 Å². The van der Waals surface area contributed by atoms with Crippen molar-refractivity contribution in [2.45, 2.75) is 186 Å². The van der Waals surface area contributed by atoms with Gasteiger partial charge in [0.15, 0.2) is 12.4 Å². The number of hydrogen-bond acceptors (Lipinski definition) is 12. The molecule has 4 rings (SSSR count). The highest BCUT2D eigenvalue weighted by Gasteiger charge is 2.52. The summed E-state index contributed by atoms with van der Waals surface area (Å²) >= 11 is 0. The van der Waals surface area contributed by atoms with E-state index in [-0.39, 0.29) is 48.3 Å². The number of amides is 2. The van der Waals surface area contributed by atoms with Gasteiger partial charge >= 0.3 is 5.97 Å². The van der Waals surface area contributed by atoms with Crippen molar-refractivity contribution in [3.63, 3.8) is 0 Å². The van der Waals surface area contributed by atoms with Crippen molar-refractivity contribution in [3.8, 4) is 5.75 Å². The molecule has 0 aromatic heterocycles. The monoisotopic (exact) mass is 862 g/mol. The van der Waals surface area contributed by atoms with Crippen LogP contribution in [0.3, 0.4) is 0 Å². The highest BCUT2D eigenvalue weighted by Crippen LogP contribution is 2.43. The molecule has 14 heteroatoms. The van der Waals surface area contributed by atoms with Crippen LogP contribution in [0.2, 0.25) is 0 Å². The number of ether oxygens (including phenoxy) is 6. The van der Waals surface area contributed by atoms with E-state index in [0.29, 0.717) is 32.2 Å². The Morgan fingerprint density at radius 3 is 2.23 bits per heavy atom. The summed E-state index contributed by atoms with van der Waals surface area (Å²) in [5, 5.41) is 27.6. The van der Waals surface area contributed by atoms with E-state index in [1.165, 1.54) is 6.92 Å². The predicted octanol–water partition coefficient (Wildman–Crippen LogP) is 5.13. The van der Waals surface area contributed by atoms with Gasteiger partial charge in [0, 0.05) is 58.5 Å². The Morgan fingerprint density at radius 2 is 1.66 bits per heavy atom. The summed E-state index contributed by atoms with van der Waals surface area (Å²) in [6.45, 7) is 21.0. The zero-order chi connectivity index (χ0) is 45.8. The molecule has 1 aromatic carbocycles. The lowest BCUT2D eigenvalue weighted by molar-refractivity contribution is -0.298. The molecular weight excluding hydrogens is 783 g/mol. The van der Waals surface area contributed by atoms with E-state index in [2.05, 4.69) is 5.32 Å². The van der Waals surface area contributed by atoms with Crippen molar-refractivity contribution in [3.05, 3.63) is 29.8 Å². The van der Waals surface area contributed by atoms with Gasteiger partial charge in [0.2, 0.25) is 11.8 Å². The Labute approximate surface area is 365 Å². The number of benzene rings is 1. The zero-order valence-corrected chi connectivity index (χ0v) is 39.7. The molecule has 3 fully saturated rings. The first-order chi connectivity index (χ1) is 28.2. The van der Waals surface area contributed by atoms with Crippen LogP contribution in [0.15, 0.2) is 24.3 Å². The third-order valence-electron chi connectivity index (χ3n) is 13.1. The molecule has 3 heterocycles. The molecule has 15 atom stereocenters. The van der Waals surface area contributed by atoms with Crippen LogP contribution in [-0.2, 0) is 44.5 Å². The first-order valence-corrected chi connectivity index (χ1v) is 22.3.